The normalized spacial score (nSPS) is 11.4. The largest absolute Gasteiger partial charge is 0.378 e. The zero-order valence-corrected chi connectivity index (χ0v) is 9.01. The number of methoxy groups -OCH3 is 1. The molecule has 0 aromatic carbocycles. The number of nitrogens with zero attached hydrogens (tertiary/aromatic N) is 1. The summed E-state index contributed by atoms with van der Waals surface area (Å²) in [6.07, 6.45) is 5.45. The minimum Gasteiger partial charge on any atom is -0.378 e. The quantitative estimate of drug-likeness (QED) is 0.692. The Bertz CT molecular complexity index is 352. The standard InChI is InChI=1S/C11H13NOS/c1-4-6-9(5-2)11-7-10(8-13-3)12-14-11/h4-7H,1-2,8H2,3H3/b9-6+. The van der Waals surface area contributed by atoms with Crippen molar-refractivity contribution < 1.29 is 4.74 Å². The second kappa shape index (κ2) is 5.52. The molecule has 0 bridgehead atoms. The summed E-state index contributed by atoms with van der Waals surface area (Å²) in [4.78, 5) is 1.09. The molecule has 14 heavy (non-hydrogen) atoms. The first-order valence-corrected chi connectivity index (χ1v) is 4.99. The van der Waals surface area contributed by atoms with Crippen LogP contribution in [0.15, 0.2) is 37.5 Å². The lowest BCUT2D eigenvalue weighted by Gasteiger charge is -1.93. The number of rotatable bonds is 5. The van der Waals surface area contributed by atoms with Crippen molar-refractivity contribution in [3.05, 3.63) is 48.0 Å². The highest BCUT2D eigenvalue weighted by atomic mass is 32.1. The van der Waals surface area contributed by atoms with Crippen LogP contribution in [0.3, 0.4) is 0 Å². The Kier molecular flexibility index (Phi) is 4.29. The Hall–Kier alpha value is -1.19. The Labute approximate surface area is 88.4 Å². The molecule has 0 aliphatic carbocycles. The lowest BCUT2D eigenvalue weighted by atomic mass is 10.2. The van der Waals surface area contributed by atoms with E-state index in [0.717, 1.165) is 16.1 Å². The van der Waals surface area contributed by atoms with E-state index in [4.69, 9.17) is 4.74 Å². The number of aromatic nitrogens is 1. The lowest BCUT2D eigenvalue weighted by molar-refractivity contribution is 0.182. The fourth-order valence-electron chi connectivity index (χ4n) is 1.04. The second-order valence-electron chi connectivity index (χ2n) is 2.68. The molecule has 1 aromatic rings. The molecular formula is C11H13NOS. The summed E-state index contributed by atoms with van der Waals surface area (Å²) < 4.78 is 9.24. The summed E-state index contributed by atoms with van der Waals surface area (Å²) in [6, 6.07) is 2.01. The predicted molar refractivity (Wildman–Crippen MR) is 61.2 cm³/mol. The maximum atomic E-state index is 4.99. The van der Waals surface area contributed by atoms with Crippen molar-refractivity contribution in [3.8, 4) is 0 Å². The van der Waals surface area contributed by atoms with Gasteiger partial charge in [0.2, 0.25) is 0 Å². The lowest BCUT2D eigenvalue weighted by Crippen LogP contribution is -1.84. The van der Waals surface area contributed by atoms with Gasteiger partial charge in [0.15, 0.2) is 0 Å². The fraction of sp³-hybridized carbons (Fsp3) is 0.182. The Balaban J connectivity index is 2.89. The van der Waals surface area contributed by atoms with Gasteiger partial charge in [-0.2, -0.15) is 4.37 Å². The van der Waals surface area contributed by atoms with Crippen molar-refractivity contribution in [3.63, 3.8) is 0 Å². The molecular weight excluding hydrogens is 194 g/mol. The number of allylic oxidation sites excluding steroid dienone is 4. The van der Waals surface area contributed by atoms with Gasteiger partial charge in [-0.05, 0) is 23.2 Å². The van der Waals surface area contributed by atoms with Crippen LogP contribution in [-0.2, 0) is 11.3 Å². The summed E-state index contributed by atoms with van der Waals surface area (Å²) in [5.41, 5.74) is 1.99. The van der Waals surface area contributed by atoms with Gasteiger partial charge in [0.05, 0.1) is 17.2 Å². The number of ether oxygens (including phenoxy) is 1. The molecule has 0 aliphatic heterocycles. The van der Waals surface area contributed by atoms with Gasteiger partial charge < -0.3 is 4.74 Å². The van der Waals surface area contributed by atoms with Crippen LogP contribution in [0, 0.1) is 0 Å². The summed E-state index contributed by atoms with van der Waals surface area (Å²) in [5.74, 6) is 0. The zero-order chi connectivity index (χ0) is 10.4. The highest BCUT2D eigenvalue weighted by Crippen LogP contribution is 2.21. The van der Waals surface area contributed by atoms with Crippen LogP contribution < -0.4 is 0 Å². The van der Waals surface area contributed by atoms with Crippen LogP contribution in [0.5, 0.6) is 0 Å². The van der Waals surface area contributed by atoms with E-state index >= 15 is 0 Å². The molecule has 0 spiro atoms. The average molecular weight is 207 g/mol. The molecule has 3 heteroatoms. The van der Waals surface area contributed by atoms with Crippen molar-refractivity contribution in [2.75, 3.05) is 7.11 Å². The molecule has 0 atom stereocenters. The van der Waals surface area contributed by atoms with Crippen molar-refractivity contribution in [1.29, 1.82) is 0 Å². The summed E-state index contributed by atoms with van der Waals surface area (Å²) >= 11 is 1.44. The van der Waals surface area contributed by atoms with Gasteiger partial charge >= 0.3 is 0 Å². The molecule has 1 heterocycles. The summed E-state index contributed by atoms with van der Waals surface area (Å²) in [5, 5.41) is 0. The van der Waals surface area contributed by atoms with Gasteiger partial charge in [-0.1, -0.05) is 31.4 Å². The molecule has 1 rings (SSSR count). The third kappa shape index (κ3) is 2.65. The zero-order valence-electron chi connectivity index (χ0n) is 8.19. The first-order valence-electron chi connectivity index (χ1n) is 4.22. The fourth-order valence-corrected chi connectivity index (χ4v) is 1.81. The van der Waals surface area contributed by atoms with E-state index < -0.39 is 0 Å². The first-order chi connectivity index (χ1) is 6.81. The molecule has 2 nitrogen and oxygen atoms in total. The molecule has 0 N–H and O–H groups in total. The molecule has 0 fully saturated rings. The van der Waals surface area contributed by atoms with E-state index in [1.807, 2.05) is 12.1 Å². The van der Waals surface area contributed by atoms with E-state index in [-0.39, 0.29) is 0 Å². The topological polar surface area (TPSA) is 22.1 Å². The highest BCUT2D eigenvalue weighted by molar-refractivity contribution is 7.07. The molecule has 0 saturated heterocycles. The van der Waals surface area contributed by atoms with Crippen LogP contribution >= 0.6 is 11.5 Å². The minimum atomic E-state index is 0.551. The molecule has 1 aromatic heterocycles. The third-order valence-corrected chi connectivity index (χ3v) is 2.53. The van der Waals surface area contributed by atoms with Crippen molar-refractivity contribution in [1.82, 2.24) is 4.37 Å². The van der Waals surface area contributed by atoms with Crippen molar-refractivity contribution >= 4 is 17.1 Å². The van der Waals surface area contributed by atoms with Gasteiger partial charge in [0.25, 0.3) is 0 Å². The second-order valence-corrected chi connectivity index (χ2v) is 3.48. The summed E-state index contributed by atoms with van der Waals surface area (Å²) in [6.45, 7) is 7.95. The van der Waals surface area contributed by atoms with Crippen molar-refractivity contribution in [2.45, 2.75) is 6.61 Å². The van der Waals surface area contributed by atoms with E-state index in [1.54, 1.807) is 19.3 Å². The monoisotopic (exact) mass is 207 g/mol. The van der Waals surface area contributed by atoms with Crippen LogP contribution in [0.2, 0.25) is 0 Å². The third-order valence-electron chi connectivity index (χ3n) is 1.65. The van der Waals surface area contributed by atoms with E-state index in [1.165, 1.54) is 11.5 Å². The van der Waals surface area contributed by atoms with Crippen LogP contribution in [0.1, 0.15) is 10.6 Å². The van der Waals surface area contributed by atoms with Gasteiger partial charge in [-0.3, -0.25) is 0 Å². The Morgan fingerprint density at radius 3 is 3.00 bits per heavy atom. The maximum Gasteiger partial charge on any atom is 0.0895 e. The SMILES string of the molecule is C=C/C=C(\C=C)c1cc(COC)ns1. The summed E-state index contributed by atoms with van der Waals surface area (Å²) in [7, 11) is 1.66. The minimum absolute atomic E-state index is 0.551. The molecule has 0 saturated carbocycles. The molecule has 0 unspecified atom stereocenters. The van der Waals surface area contributed by atoms with Gasteiger partial charge in [-0.15, -0.1) is 0 Å². The Morgan fingerprint density at radius 2 is 2.43 bits per heavy atom. The molecule has 0 radical (unpaired) electrons. The van der Waals surface area contributed by atoms with Crippen LogP contribution in [-0.4, -0.2) is 11.5 Å². The number of hydrogen-bond donors (Lipinski definition) is 0. The molecule has 74 valence electrons. The molecule has 0 amide bonds. The van der Waals surface area contributed by atoms with Crippen LogP contribution in [0.25, 0.3) is 5.57 Å². The molecule has 0 aliphatic rings. The smallest absolute Gasteiger partial charge is 0.0895 e. The maximum absolute atomic E-state index is 4.99. The van der Waals surface area contributed by atoms with Gasteiger partial charge in [-0.25, -0.2) is 0 Å². The van der Waals surface area contributed by atoms with E-state index in [2.05, 4.69) is 17.5 Å². The Morgan fingerprint density at radius 1 is 1.64 bits per heavy atom. The number of hydrogen-bond acceptors (Lipinski definition) is 3. The highest BCUT2D eigenvalue weighted by Gasteiger charge is 2.03. The van der Waals surface area contributed by atoms with E-state index in [0.29, 0.717) is 6.61 Å². The van der Waals surface area contributed by atoms with Gasteiger partial charge in [0, 0.05) is 7.11 Å². The van der Waals surface area contributed by atoms with E-state index in [9.17, 15) is 0 Å². The predicted octanol–water partition coefficient (Wildman–Crippen LogP) is 3.04. The first kappa shape index (κ1) is 10.9. The average Bonchev–Trinajstić information content (AvgIpc) is 2.63. The van der Waals surface area contributed by atoms with Crippen molar-refractivity contribution in [2.24, 2.45) is 0 Å². The van der Waals surface area contributed by atoms with Crippen LogP contribution in [0.4, 0.5) is 0 Å². The van der Waals surface area contributed by atoms with Gasteiger partial charge in [0.1, 0.15) is 0 Å².